The maximum atomic E-state index is 13.3. The highest BCUT2D eigenvalue weighted by molar-refractivity contribution is 7.98. The van der Waals surface area contributed by atoms with Crippen LogP contribution in [0.15, 0.2) is 59.7 Å². The molecule has 0 bridgehead atoms. The van der Waals surface area contributed by atoms with E-state index in [1.54, 1.807) is 36.3 Å². The molecule has 9 heteroatoms. The van der Waals surface area contributed by atoms with Crippen molar-refractivity contribution >= 4 is 29.3 Å². The summed E-state index contributed by atoms with van der Waals surface area (Å²) in [5.74, 6) is 0.104. The smallest absolute Gasteiger partial charge is 0.251 e. The lowest BCUT2D eigenvalue weighted by atomic mass is 9.89. The number of nitrogens with zero attached hydrogens (tertiary/aromatic N) is 2. The number of fused-ring (bicyclic) bond motifs is 1. The van der Waals surface area contributed by atoms with Crippen molar-refractivity contribution in [3.63, 3.8) is 0 Å². The lowest BCUT2D eigenvalue weighted by Gasteiger charge is -2.27. The quantitative estimate of drug-likeness (QED) is 0.511. The van der Waals surface area contributed by atoms with Gasteiger partial charge in [0.25, 0.3) is 5.56 Å². The summed E-state index contributed by atoms with van der Waals surface area (Å²) < 4.78 is 0. The number of amides is 2. The minimum absolute atomic E-state index is 0.0713. The first-order valence-corrected chi connectivity index (χ1v) is 11.6. The third-order valence-corrected chi connectivity index (χ3v) is 5.94. The first-order valence-electron chi connectivity index (χ1n) is 10.2. The van der Waals surface area contributed by atoms with Crippen molar-refractivity contribution in [3.05, 3.63) is 76.5 Å². The number of nitrogens with one attached hydrogen (secondary N) is 3. The van der Waals surface area contributed by atoms with Crippen LogP contribution in [-0.4, -0.2) is 38.8 Å². The predicted octanol–water partition coefficient (Wildman–Crippen LogP) is 2.87. The van der Waals surface area contributed by atoms with Gasteiger partial charge in [-0.15, -0.1) is 0 Å². The van der Waals surface area contributed by atoms with Crippen LogP contribution in [0.5, 0.6) is 0 Å². The van der Waals surface area contributed by atoms with E-state index in [0.717, 1.165) is 11.3 Å². The summed E-state index contributed by atoms with van der Waals surface area (Å²) in [5.41, 5.74) is 2.28. The Kier molecular flexibility index (Phi) is 6.65. The molecule has 2 amide bonds. The molecule has 0 saturated heterocycles. The van der Waals surface area contributed by atoms with Crippen LogP contribution in [-0.2, 0) is 9.59 Å². The van der Waals surface area contributed by atoms with Crippen LogP contribution in [0.25, 0.3) is 11.4 Å². The van der Waals surface area contributed by atoms with Crippen molar-refractivity contribution in [2.75, 3.05) is 17.3 Å². The number of anilines is 1. The van der Waals surface area contributed by atoms with Gasteiger partial charge in [0.2, 0.25) is 11.8 Å². The molecule has 0 aliphatic carbocycles. The maximum absolute atomic E-state index is 13.3. The zero-order chi connectivity index (χ0) is 22.5. The standard InChI is InChI=1S/C23H23N5O3S/c1-32-10-8-18(19-12-21(30)28-22(26-19)14-5-4-9-24-13-14)27-23(31)16-11-20(29)25-17-7-3-2-6-15(16)17/h2-7,9,12-13,16,18H,8,10-11H2,1H3,(H,25,29)(H,27,31)(H,26,28,30)/t16-,18+/m1/s1. The fourth-order valence-electron chi connectivity index (χ4n) is 3.74. The Morgan fingerprint density at radius 1 is 1.25 bits per heavy atom. The normalized spacial score (nSPS) is 16.0. The number of hydrogen-bond acceptors (Lipinski definition) is 6. The van der Waals surface area contributed by atoms with E-state index in [-0.39, 0.29) is 23.8 Å². The molecule has 3 heterocycles. The van der Waals surface area contributed by atoms with E-state index in [0.29, 0.717) is 29.2 Å². The third kappa shape index (κ3) is 4.88. The Hall–Kier alpha value is -3.46. The predicted molar refractivity (Wildman–Crippen MR) is 124 cm³/mol. The zero-order valence-electron chi connectivity index (χ0n) is 17.5. The van der Waals surface area contributed by atoms with Crippen molar-refractivity contribution in [3.8, 4) is 11.4 Å². The highest BCUT2D eigenvalue weighted by atomic mass is 32.2. The van der Waals surface area contributed by atoms with E-state index in [1.807, 2.05) is 30.5 Å². The first kappa shape index (κ1) is 21.8. The van der Waals surface area contributed by atoms with Gasteiger partial charge in [-0.25, -0.2) is 4.98 Å². The van der Waals surface area contributed by atoms with Crippen molar-refractivity contribution in [2.45, 2.75) is 24.8 Å². The Balaban J connectivity index is 1.64. The third-order valence-electron chi connectivity index (χ3n) is 5.30. The monoisotopic (exact) mass is 449 g/mol. The fraction of sp³-hybridized carbons (Fsp3) is 0.261. The van der Waals surface area contributed by atoms with Gasteiger partial charge in [-0.1, -0.05) is 18.2 Å². The van der Waals surface area contributed by atoms with E-state index in [4.69, 9.17) is 0 Å². The SMILES string of the molecule is CSCC[C@H](NC(=O)[C@@H]1CC(=O)Nc2ccccc21)c1cc(=O)[nH]c(-c2cccnc2)n1. The van der Waals surface area contributed by atoms with E-state index in [1.165, 1.54) is 6.07 Å². The van der Waals surface area contributed by atoms with Gasteiger partial charge in [0.15, 0.2) is 0 Å². The molecular formula is C23H23N5O3S. The molecule has 3 aromatic rings. The van der Waals surface area contributed by atoms with Gasteiger partial charge in [0.1, 0.15) is 5.82 Å². The number of aromatic nitrogens is 3. The summed E-state index contributed by atoms with van der Waals surface area (Å²) in [6.07, 6.45) is 5.91. The van der Waals surface area contributed by atoms with Crippen LogP contribution >= 0.6 is 11.8 Å². The van der Waals surface area contributed by atoms with Gasteiger partial charge < -0.3 is 15.6 Å². The maximum Gasteiger partial charge on any atom is 0.251 e. The number of pyridine rings is 1. The number of hydrogen-bond donors (Lipinski definition) is 3. The largest absolute Gasteiger partial charge is 0.347 e. The Morgan fingerprint density at radius 3 is 2.88 bits per heavy atom. The molecule has 2 atom stereocenters. The number of para-hydroxylation sites is 1. The molecule has 0 spiro atoms. The Bertz CT molecular complexity index is 1180. The molecule has 4 rings (SSSR count). The minimum Gasteiger partial charge on any atom is -0.347 e. The molecule has 0 fully saturated rings. The van der Waals surface area contributed by atoms with E-state index >= 15 is 0 Å². The van der Waals surface area contributed by atoms with Crippen LogP contribution in [0.1, 0.15) is 36.1 Å². The zero-order valence-corrected chi connectivity index (χ0v) is 18.3. The van der Waals surface area contributed by atoms with Gasteiger partial charge in [-0.3, -0.25) is 19.4 Å². The number of benzene rings is 1. The molecule has 0 unspecified atom stereocenters. The molecule has 1 aliphatic rings. The second kappa shape index (κ2) is 9.78. The van der Waals surface area contributed by atoms with E-state index < -0.39 is 12.0 Å². The highest BCUT2D eigenvalue weighted by Gasteiger charge is 2.32. The topological polar surface area (TPSA) is 117 Å². The number of thioether (sulfide) groups is 1. The van der Waals surface area contributed by atoms with E-state index in [2.05, 4.69) is 25.6 Å². The first-order chi connectivity index (χ1) is 15.5. The van der Waals surface area contributed by atoms with Gasteiger partial charge in [-0.05, 0) is 42.2 Å². The van der Waals surface area contributed by atoms with Crippen molar-refractivity contribution < 1.29 is 9.59 Å². The van der Waals surface area contributed by atoms with Gasteiger partial charge >= 0.3 is 0 Å². The average Bonchev–Trinajstić information content (AvgIpc) is 2.81. The highest BCUT2D eigenvalue weighted by Crippen LogP contribution is 2.33. The number of H-pyrrole nitrogens is 1. The second-order valence-electron chi connectivity index (χ2n) is 7.50. The molecule has 1 aliphatic heterocycles. The summed E-state index contributed by atoms with van der Waals surface area (Å²) in [5, 5.41) is 5.85. The van der Waals surface area contributed by atoms with Crippen LogP contribution < -0.4 is 16.2 Å². The summed E-state index contributed by atoms with van der Waals surface area (Å²) in [6, 6.07) is 11.8. The minimum atomic E-state index is -0.600. The number of aromatic amines is 1. The number of carbonyl (C=O) groups is 2. The lowest BCUT2D eigenvalue weighted by molar-refractivity contribution is -0.127. The molecule has 8 nitrogen and oxygen atoms in total. The van der Waals surface area contributed by atoms with Crippen molar-refractivity contribution in [1.82, 2.24) is 20.3 Å². The molecule has 164 valence electrons. The molecular weight excluding hydrogens is 426 g/mol. The Morgan fingerprint density at radius 2 is 2.09 bits per heavy atom. The lowest BCUT2D eigenvalue weighted by Crippen LogP contribution is -2.38. The van der Waals surface area contributed by atoms with Crippen LogP contribution in [0.2, 0.25) is 0 Å². The van der Waals surface area contributed by atoms with Crippen molar-refractivity contribution in [1.29, 1.82) is 0 Å². The molecule has 1 aromatic carbocycles. The van der Waals surface area contributed by atoms with Gasteiger partial charge in [0.05, 0.1) is 17.7 Å². The van der Waals surface area contributed by atoms with Gasteiger partial charge in [-0.2, -0.15) is 11.8 Å². The number of carbonyl (C=O) groups excluding carboxylic acids is 2. The van der Waals surface area contributed by atoms with Crippen LogP contribution in [0.4, 0.5) is 5.69 Å². The second-order valence-corrected chi connectivity index (χ2v) is 8.48. The molecule has 0 radical (unpaired) electrons. The summed E-state index contributed by atoms with van der Waals surface area (Å²) in [7, 11) is 0. The Labute approximate surface area is 189 Å². The van der Waals surface area contributed by atoms with Gasteiger partial charge in [0, 0.05) is 36.1 Å². The summed E-state index contributed by atoms with van der Waals surface area (Å²) >= 11 is 1.64. The molecule has 0 saturated carbocycles. The fourth-order valence-corrected chi connectivity index (χ4v) is 4.21. The van der Waals surface area contributed by atoms with Crippen molar-refractivity contribution in [2.24, 2.45) is 0 Å². The summed E-state index contributed by atoms with van der Waals surface area (Å²) in [4.78, 5) is 49.2. The number of rotatable bonds is 7. The average molecular weight is 450 g/mol. The van der Waals surface area contributed by atoms with Crippen LogP contribution in [0, 0.1) is 0 Å². The molecule has 3 N–H and O–H groups in total. The molecule has 32 heavy (non-hydrogen) atoms. The summed E-state index contributed by atoms with van der Waals surface area (Å²) in [6.45, 7) is 0. The van der Waals surface area contributed by atoms with Crippen LogP contribution in [0.3, 0.4) is 0 Å². The van der Waals surface area contributed by atoms with E-state index in [9.17, 15) is 14.4 Å². The molecule has 2 aromatic heterocycles.